The van der Waals surface area contributed by atoms with Crippen LogP contribution in [0.15, 0.2) is 48.7 Å². The van der Waals surface area contributed by atoms with Crippen LogP contribution in [-0.2, 0) is 29.5 Å². The monoisotopic (exact) mass is 543 g/mol. The Kier molecular flexibility index (Phi) is 7.37. The molecule has 1 N–H and O–H groups in total. The molecule has 1 spiro atoms. The first-order chi connectivity index (χ1) is 18.0. The van der Waals surface area contributed by atoms with Crippen LogP contribution in [0.4, 0.5) is 13.2 Å². The van der Waals surface area contributed by atoms with Gasteiger partial charge >= 0.3 is 6.18 Å². The van der Waals surface area contributed by atoms with Gasteiger partial charge in [0.1, 0.15) is 11.3 Å². The zero-order valence-corrected chi connectivity index (χ0v) is 22.6. The molecule has 202 valence electrons. The van der Waals surface area contributed by atoms with E-state index < -0.39 is 17.5 Å². The lowest BCUT2D eigenvalue weighted by molar-refractivity contribution is -0.141. The summed E-state index contributed by atoms with van der Waals surface area (Å²) in [5.74, 6) is -0.0753. The van der Waals surface area contributed by atoms with Crippen LogP contribution in [-0.4, -0.2) is 35.0 Å². The van der Waals surface area contributed by atoms with E-state index in [-0.39, 0.29) is 18.1 Å². The molecule has 2 aliphatic heterocycles. The molecule has 0 bridgehead atoms. The Bertz CT molecular complexity index is 1280. The number of piperidine rings is 1. The molecule has 3 aromatic rings. The lowest BCUT2D eigenvalue weighted by atomic mass is 9.83. The molecule has 0 saturated carbocycles. The van der Waals surface area contributed by atoms with E-state index >= 15 is 0 Å². The van der Waals surface area contributed by atoms with Crippen LogP contribution in [0.3, 0.4) is 0 Å². The molecule has 38 heavy (non-hydrogen) atoms. The molecule has 2 aliphatic rings. The smallest absolute Gasteiger partial charge is 0.366 e. The van der Waals surface area contributed by atoms with Crippen LogP contribution in [0.2, 0.25) is 0 Å². The number of alkyl halides is 3. The highest BCUT2D eigenvalue weighted by molar-refractivity contribution is 7.14. The first kappa shape index (κ1) is 26.8. The van der Waals surface area contributed by atoms with Gasteiger partial charge in [0.05, 0.1) is 11.0 Å². The predicted octanol–water partition coefficient (Wildman–Crippen LogP) is 6.41. The minimum atomic E-state index is -4.44. The summed E-state index contributed by atoms with van der Waals surface area (Å²) in [5, 5.41) is 3.05. The number of thiophene rings is 1. The van der Waals surface area contributed by atoms with Crippen LogP contribution < -0.4 is 5.32 Å². The van der Waals surface area contributed by atoms with Gasteiger partial charge in [0.2, 0.25) is 0 Å². The topological polar surface area (TPSA) is 54.5 Å². The third-order valence-electron chi connectivity index (χ3n) is 7.67. The third-order valence-corrected chi connectivity index (χ3v) is 9.03. The molecular formula is C29H32F3N3O2S. The number of pyridine rings is 1. The average molecular weight is 544 g/mol. The van der Waals surface area contributed by atoms with E-state index in [0.29, 0.717) is 11.4 Å². The molecule has 2 unspecified atom stereocenters. The van der Waals surface area contributed by atoms with Crippen molar-refractivity contribution in [2.75, 3.05) is 13.1 Å². The Morgan fingerprint density at radius 3 is 2.55 bits per heavy atom. The number of carbonyl (C=O) groups is 1. The molecule has 4 heterocycles. The minimum Gasteiger partial charge on any atom is -0.366 e. The lowest BCUT2D eigenvalue weighted by Crippen LogP contribution is -2.48. The number of aryl methyl sites for hydroxylation is 1. The number of nitrogens with zero attached hydrogens (tertiary/aromatic N) is 2. The molecule has 0 aliphatic carbocycles. The van der Waals surface area contributed by atoms with Crippen LogP contribution in [0.1, 0.15) is 75.2 Å². The van der Waals surface area contributed by atoms with Gasteiger partial charge in [0.15, 0.2) is 0 Å². The van der Waals surface area contributed by atoms with Crippen molar-refractivity contribution >= 4 is 17.2 Å². The largest absolute Gasteiger partial charge is 0.433 e. The summed E-state index contributed by atoms with van der Waals surface area (Å²) < 4.78 is 45.3. The molecule has 1 amide bonds. The van der Waals surface area contributed by atoms with Gasteiger partial charge in [-0.15, -0.1) is 11.3 Å². The summed E-state index contributed by atoms with van der Waals surface area (Å²) in [4.78, 5) is 20.8. The number of aromatic nitrogens is 1. The summed E-state index contributed by atoms with van der Waals surface area (Å²) in [6.45, 7) is 8.06. The first-order valence-corrected chi connectivity index (χ1v) is 13.8. The normalized spacial score (nSPS) is 20.2. The molecule has 0 radical (unpaired) electrons. The molecule has 1 saturated heterocycles. The number of carbonyl (C=O) groups excluding carboxylic acids is 1. The van der Waals surface area contributed by atoms with Crippen molar-refractivity contribution in [3.63, 3.8) is 0 Å². The van der Waals surface area contributed by atoms with Crippen molar-refractivity contribution in [3.05, 3.63) is 86.4 Å². The highest BCUT2D eigenvalue weighted by Gasteiger charge is 2.45. The number of fused-ring (bicyclic) bond motifs is 2. The van der Waals surface area contributed by atoms with Gasteiger partial charge in [-0.05, 0) is 68.9 Å². The van der Waals surface area contributed by atoms with E-state index in [1.54, 1.807) is 0 Å². The zero-order valence-electron chi connectivity index (χ0n) is 21.8. The molecule has 2 atom stereocenters. The van der Waals surface area contributed by atoms with Crippen molar-refractivity contribution in [1.82, 2.24) is 15.2 Å². The second-order valence-corrected chi connectivity index (χ2v) is 11.5. The van der Waals surface area contributed by atoms with Crippen LogP contribution in [0.5, 0.6) is 0 Å². The molecule has 5 rings (SSSR count). The molecule has 1 fully saturated rings. The fraction of sp³-hybridized carbons (Fsp3) is 0.448. The second-order valence-electron chi connectivity index (χ2n) is 10.4. The van der Waals surface area contributed by atoms with Gasteiger partial charge in [0, 0.05) is 36.8 Å². The highest BCUT2D eigenvalue weighted by Crippen LogP contribution is 2.48. The summed E-state index contributed by atoms with van der Waals surface area (Å²) >= 11 is 1.53. The Labute approximate surface area is 225 Å². The molecule has 9 heteroatoms. The molecule has 1 aromatic carbocycles. The van der Waals surface area contributed by atoms with E-state index in [0.717, 1.165) is 54.4 Å². The minimum absolute atomic E-state index is 0.0451. The standard InChI is InChI=1S/C29H32F3N3O2S/c1-18-4-6-21(7-5-18)16-34-27(36)24-15-23-14-19(2)37-28(26(23)38-24)10-12-35(13-11-28)20(3)22-8-9-25(33-17-22)29(30,31)32/h4-9,15,17,19-20H,10-14,16H2,1-3H3,(H,34,36). The van der Waals surface area contributed by atoms with Gasteiger partial charge < -0.3 is 10.1 Å². The van der Waals surface area contributed by atoms with E-state index in [9.17, 15) is 18.0 Å². The maximum Gasteiger partial charge on any atom is 0.433 e. The summed E-state index contributed by atoms with van der Waals surface area (Å²) in [5.41, 5.74) is 2.87. The molecule has 2 aromatic heterocycles. The van der Waals surface area contributed by atoms with E-state index in [2.05, 4.69) is 22.1 Å². The van der Waals surface area contributed by atoms with Crippen molar-refractivity contribution in [3.8, 4) is 0 Å². The van der Waals surface area contributed by atoms with Gasteiger partial charge in [-0.2, -0.15) is 13.2 Å². The number of rotatable bonds is 5. The van der Waals surface area contributed by atoms with Gasteiger partial charge in [-0.1, -0.05) is 35.9 Å². The molecular weight excluding hydrogens is 511 g/mol. The van der Waals surface area contributed by atoms with Gasteiger partial charge in [0.25, 0.3) is 5.91 Å². The number of likely N-dealkylation sites (tertiary alicyclic amines) is 1. The fourth-order valence-electron chi connectivity index (χ4n) is 5.49. The number of hydrogen-bond acceptors (Lipinski definition) is 5. The van der Waals surface area contributed by atoms with E-state index in [1.807, 2.05) is 44.2 Å². The third kappa shape index (κ3) is 5.51. The SMILES string of the molecule is Cc1ccc(CNC(=O)c2cc3c(s2)C2(CCN(C(C)c4ccc(C(F)(F)F)nc4)CC2)OC(C)C3)cc1. The maximum absolute atomic E-state index is 13.0. The Morgan fingerprint density at radius 2 is 1.92 bits per heavy atom. The van der Waals surface area contributed by atoms with Gasteiger partial charge in [-0.25, -0.2) is 0 Å². The molecule has 5 nitrogen and oxygen atoms in total. The van der Waals surface area contributed by atoms with Gasteiger partial charge in [-0.3, -0.25) is 14.7 Å². The summed E-state index contributed by atoms with van der Waals surface area (Å²) in [6.07, 6.45) is -0.778. The van der Waals surface area contributed by atoms with Crippen molar-refractivity contribution in [2.24, 2.45) is 0 Å². The fourth-order valence-corrected chi connectivity index (χ4v) is 6.79. The number of hydrogen-bond donors (Lipinski definition) is 1. The zero-order chi connectivity index (χ0) is 27.1. The summed E-state index contributed by atoms with van der Waals surface area (Å²) in [7, 11) is 0. The number of benzene rings is 1. The Morgan fingerprint density at radius 1 is 1.21 bits per heavy atom. The quantitative estimate of drug-likeness (QED) is 0.404. The van der Waals surface area contributed by atoms with Crippen molar-refractivity contribution < 1.29 is 22.7 Å². The van der Waals surface area contributed by atoms with Crippen LogP contribution in [0, 0.1) is 6.92 Å². The second kappa shape index (κ2) is 10.4. The van der Waals surface area contributed by atoms with Crippen LogP contribution in [0.25, 0.3) is 0 Å². The van der Waals surface area contributed by atoms with Crippen molar-refractivity contribution in [2.45, 2.75) is 70.5 Å². The van der Waals surface area contributed by atoms with E-state index in [4.69, 9.17) is 4.74 Å². The van der Waals surface area contributed by atoms with Crippen LogP contribution >= 0.6 is 11.3 Å². The average Bonchev–Trinajstić information content (AvgIpc) is 3.33. The number of ether oxygens (including phenoxy) is 1. The Hall–Kier alpha value is -2.75. The summed E-state index contributed by atoms with van der Waals surface area (Å²) in [6, 6.07) is 12.6. The van der Waals surface area contributed by atoms with E-state index in [1.165, 1.54) is 34.7 Å². The Balaban J connectivity index is 1.27. The maximum atomic E-state index is 13.0. The predicted molar refractivity (Wildman–Crippen MR) is 141 cm³/mol. The number of nitrogens with one attached hydrogen (secondary N) is 1. The lowest BCUT2D eigenvalue weighted by Gasteiger charge is -2.47. The van der Waals surface area contributed by atoms with Crippen molar-refractivity contribution in [1.29, 1.82) is 0 Å². The number of halogens is 3. The number of amides is 1. The first-order valence-electron chi connectivity index (χ1n) is 13.0. The highest BCUT2D eigenvalue weighted by atomic mass is 32.1.